The maximum atomic E-state index is 11.7. The second-order valence-corrected chi connectivity index (χ2v) is 6.55. The lowest BCUT2D eigenvalue weighted by Crippen LogP contribution is -1.99. The molecule has 0 aliphatic carbocycles. The molecule has 5 heteroatoms. The lowest BCUT2D eigenvalue weighted by Gasteiger charge is -2.08. The Morgan fingerprint density at radius 1 is 0.786 bits per heavy atom. The minimum Gasteiger partial charge on any atom is -0.288 e. The van der Waals surface area contributed by atoms with Crippen LogP contribution in [-0.2, 0) is 0 Å². The number of para-hydroxylation sites is 1. The van der Waals surface area contributed by atoms with Crippen molar-refractivity contribution in [3.8, 4) is 16.9 Å². The molecular weight excluding hydrogens is 350 g/mol. The smallest absolute Gasteiger partial charge is 0.288 e. The highest BCUT2D eigenvalue weighted by atomic mass is 16.6. The second-order valence-electron chi connectivity index (χ2n) is 6.55. The number of non-ortho nitro benzene ring substituents is 1. The zero-order valence-electron chi connectivity index (χ0n) is 14.8. The first-order valence-electron chi connectivity index (χ1n) is 8.92. The number of hydrogen-bond acceptors (Lipinski definition) is 3. The van der Waals surface area contributed by atoms with Crippen LogP contribution in [0.1, 0.15) is 0 Å². The van der Waals surface area contributed by atoms with Gasteiger partial charge in [0.25, 0.3) is 5.69 Å². The number of nitrogens with zero attached hydrogens (tertiary/aromatic N) is 3. The zero-order chi connectivity index (χ0) is 19.1. The maximum Gasteiger partial charge on any atom is 0.293 e. The summed E-state index contributed by atoms with van der Waals surface area (Å²) in [6, 6.07) is 27.0. The van der Waals surface area contributed by atoms with E-state index in [2.05, 4.69) is 29.2 Å². The van der Waals surface area contributed by atoms with Crippen LogP contribution in [0.2, 0.25) is 0 Å². The van der Waals surface area contributed by atoms with Gasteiger partial charge < -0.3 is 0 Å². The molecule has 0 saturated carbocycles. The third-order valence-corrected chi connectivity index (χ3v) is 4.95. The van der Waals surface area contributed by atoms with Crippen LogP contribution < -0.4 is 0 Å². The molecule has 0 unspecified atom stereocenters. The molecule has 2 aromatic heterocycles. The Labute approximate surface area is 160 Å². The van der Waals surface area contributed by atoms with Gasteiger partial charge in [-0.15, -0.1) is 0 Å². The molecule has 0 spiro atoms. The summed E-state index contributed by atoms with van der Waals surface area (Å²) < 4.78 is 1.88. The van der Waals surface area contributed by atoms with Crippen molar-refractivity contribution in [3.63, 3.8) is 0 Å². The maximum absolute atomic E-state index is 11.7. The number of aromatic nitrogens is 2. The van der Waals surface area contributed by atoms with Crippen molar-refractivity contribution in [2.75, 3.05) is 0 Å². The molecule has 28 heavy (non-hydrogen) atoms. The molecule has 5 nitrogen and oxygen atoms in total. The molecule has 5 aromatic rings. The van der Waals surface area contributed by atoms with Crippen molar-refractivity contribution in [1.29, 1.82) is 0 Å². The van der Waals surface area contributed by atoms with E-state index in [0.29, 0.717) is 11.3 Å². The second kappa shape index (κ2) is 6.32. The fourth-order valence-electron chi connectivity index (χ4n) is 3.73. The van der Waals surface area contributed by atoms with Crippen molar-refractivity contribution in [2.24, 2.45) is 0 Å². The van der Waals surface area contributed by atoms with Gasteiger partial charge >= 0.3 is 0 Å². The summed E-state index contributed by atoms with van der Waals surface area (Å²) in [6.07, 6.45) is 1.70. The number of benzene rings is 3. The normalized spacial score (nSPS) is 11.1. The third-order valence-electron chi connectivity index (χ3n) is 4.95. The fraction of sp³-hybridized carbons (Fsp3) is 0. The van der Waals surface area contributed by atoms with Crippen molar-refractivity contribution < 1.29 is 4.92 Å². The highest BCUT2D eigenvalue weighted by Crippen LogP contribution is 2.38. The summed E-state index contributed by atoms with van der Waals surface area (Å²) >= 11 is 0. The number of pyridine rings is 1. The summed E-state index contributed by atoms with van der Waals surface area (Å²) in [5.41, 5.74) is 3.67. The van der Waals surface area contributed by atoms with Gasteiger partial charge in [-0.1, -0.05) is 60.7 Å². The molecular formula is C23H15N3O2. The van der Waals surface area contributed by atoms with Gasteiger partial charge in [0.2, 0.25) is 0 Å². The van der Waals surface area contributed by atoms with E-state index in [1.807, 2.05) is 53.1 Å². The van der Waals surface area contributed by atoms with Crippen LogP contribution in [0, 0.1) is 10.1 Å². The molecule has 0 aliphatic rings. The van der Waals surface area contributed by atoms with Crippen LogP contribution in [0.5, 0.6) is 0 Å². The summed E-state index contributed by atoms with van der Waals surface area (Å²) in [6.45, 7) is 0. The Bertz CT molecular complexity index is 1330. The average Bonchev–Trinajstić information content (AvgIpc) is 3.08. The SMILES string of the molecule is O=[N+]([O-])c1cccc2c3ccc(-c4ccccc4)cc3n(-c3ccccn3)c12. The highest BCUT2D eigenvalue weighted by Gasteiger charge is 2.21. The van der Waals surface area contributed by atoms with Crippen molar-refractivity contribution >= 4 is 27.5 Å². The Morgan fingerprint density at radius 3 is 2.36 bits per heavy atom. The van der Waals surface area contributed by atoms with Gasteiger partial charge in [-0.3, -0.25) is 14.7 Å². The van der Waals surface area contributed by atoms with Crippen LogP contribution in [0.25, 0.3) is 38.8 Å². The molecule has 0 N–H and O–H groups in total. The lowest BCUT2D eigenvalue weighted by molar-refractivity contribution is -0.383. The van der Waals surface area contributed by atoms with E-state index in [1.165, 1.54) is 0 Å². The van der Waals surface area contributed by atoms with Crippen LogP contribution >= 0.6 is 0 Å². The molecule has 0 bridgehead atoms. The quantitative estimate of drug-likeness (QED) is 0.302. The molecule has 0 fully saturated rings. The molecule has 0 amide bonds. The Hall–Kier alpha value is -3.99. The van der Waals surface area contributed by atoms with Gasteiger partial charge in [0.1, 0.15) is 11.3 Å². The van der Waals surface area contributed by atoms with E-state index in [9.17, 15) is 10.1 Å². The number of hydrogen-bond donors (Lipinski definition) is 0. The minimum absolute atomic E-state index is 0.0700. The van der Waals surface area contributed by atoms with E-state index in [0.717, 1.165) is 27.4 Å². The summed E-state index contributed by atoms with van der Waals surface area (Å²) in [7, 11) is 0. The van der Waals surface area contributed by atoms with Crippen LogP contribution in [0.15, 0.2) is 91.1 Å². The van der Waals surface area contributed by atoms with E-state index >= 15 is 0 Å². The fourth-order valence-corrected chi connectivity index (χ4v) is 3.73. The van der Waals surface area contributed by atoms with Gasteiger partial charge in [0, 0.05) is 23.0 Å². The molecule has 0 atom stereocenters. The summed E-state index contributed by atoms with van der Waals surface area (Å²) in [5.74, 6) is 0.655. The molecule has 0 radical (unpaired) electrons. The minimum atomic E-state index is -0.335. The predicted molar refractivity (Wildman–Crippen MR) is 111 cm³/mol. The summed E-state index contributed by atoms with van der Waals surface area (Å²) in [4.78, 5) is 15.9. The zero-order valence-corrected chi connectivity index (χ0v) is 14.8. The topological polar surface area (TPSA) is 61.0 Å². The van der Waals surface area contributed by atoms with Gasteiger partial charge in [0.05, 0.1) is 10.4 Å². The first-order chi connectivity index (χ1) is 13.7. The number of fused-ring (bicyclic) bond motifs is 3. The van der Waals surface area contributed by atoms with Crippen molar-refractivity contribution in [1.82, 2.24) is 9.55 Å². The van der Waals surface area contributed by atoms with Crippen LogP contribution in [-0.4, -0.2) is 14.5 Å². The molecule has 134 valence electrons. The van der Waals surface area contributed by atoms with Crippen molar-refractivity contribution in [2.45, 2.75) is 0 Å². The average molecular weight is 365 g/mol. The van der Waals surface area contributed by atoms with E-state index in [1.54, 1.807) is 18.3 Å². The first kappa shape index (κ1) is 16.2. The number of nitro benzene ring substituents is 1. The van der Waals surface area contributed by atoms with Crippen LogP contribution in [0.4, 0.5) is 5.69 Å². The summed E-state index contributed by atoms with van der Waals surface area (Å²) in [5, 5.41) is 13.5. The first-order valence-corrected chi connectivity index (χ1v) is 8.92. The predicted octanol–water partition coefficient (Wildman–Crippen LogP) is 5.75. The highest BCUT2D eigenvalue weighted by molar-refractivity contribution is 6.12. The standard InChI is InChI=1S/C23H15N3O2/c27-26(28)20-10-6-9-19-18-13-12-17(16-7-2-1-3-8-16)15-21(18)25(23(19)20)22-11-4-5-14-24-22/h1-15H. The molecule has 3 aromatic carbocycles. The number of nitro groups is 1. The van der Waals surface area contributed by atoms with Crippen LogP contribution in [0.3, 0.4) is 0 Å². The molecule has 2 heterocycles. The monoisotopic (exact) mass is 365 g/mol. The molecule has 5 rings (SSSR count). The van der Waals surface area contributed by atoms with Gasteiger partial charge in [-0.2, -0.15) is 0 Å². The lowest BCUT2D eigenvalue weighted by atomic mass is 10.0. The van der Waals surface area contributed by atoms with E-state index < -0.39 is 0 Å². The largest absolute Gasteiger partial charge is 0.293 e. The Morgan fingerprint density at radius 2 is 1.61 bits per heavy atom. The van der Waals surface area contributed by atoms with Gasteiger partial charge in [0.15, 0.2) is 0 Å². The van der Waals surface area contributed by atoms with E-state index in [-0.39, 0.29) is 10.6 Å². The molecule has 0 saturated heterocycles. The van der Waals surface area contributed by atoms with Crippen molar-refractivity contribution in [3.05, 3.63) is 101 Å². The molecule has 0 aliphatic heterocycles. The Balaban J connectivity index is 1.94. The number of rotatable bonds is 3. The van der Waals surface area contributed by atoms with Gasteiger partial charge in [-0.05, 0) is 29.3 Å². The van der Waals surface area contributed by atoms with Gasteiger partial charge in [-0.25, -0.2) is 4.98 Å². The van der Waals surface area contributed by atoms with E-state index in [4.69, 9.17) is 0 Å². The third kappa shape index (κ3) is 2.45. The Kier molecular flexibility index (Phi) is 3.66.